The van der Waals surface area contributed by atoms with E-state index < -0.39 is 24.7 Å². The van der Waals surface area contributed by atoms with Crippen molar-refractivity contribution in [2.75, 3.05) is 19.0 Å². The highest BCUT2D eigenvalue weighted by Gasteiger charge is 2.29. The lowest BCUT2D eigenvalue weighted by atomic mass is 9.99. The number of hydrogen-bond acceptors (Lipinski definition) is 4. The van der Waals surface area contributed by atoms with Crippen molar-refractivity contribution >= 4 is 24.0 Å². The second-order valence-electron chi connectivity index (χ2n) is 5.17. The van der Waals surface area contributed by atoms with E-state index in [2.05, 4.69) is 5.32 Å². The number of alkyl halides is 3. The molecule has 0 radical (unpaired) electrons. The van der Waals surface area contributed by atoms with Crippen LogP contribution in [-0.4, -0.2) is 31.8 Å². The Hall–Kier alpha value is -1.67. The van der Waals surface area contributed by atoms with Gasteiger partial charge in [-0.15, -0.1) is 12.4 Å². The first-order valence-corrected chi connectivity index (χ1v) is 7.12. The van der Waals surface area contributed by atoms with E-state index in [0.29, 0.717) is 0 Å². The van der Waals surface area contributed by atoms with Crippen LogP contribution >= 0.6 is 12.4 Å². The van der Waals surface area contributed by atoms with Crippen LogP contribution < -0.4 is 20.5 Å². The number of rotatable bonds is 7. The molecular formula is C15H22ClF3N2O3. The van der Waals surface area contributed by atoms with Gasteiger partial charge < -0.3 is 20.5 Å². The summed E-state index contributed by atoms with van der Waals surface area (Å²) in [7, 11) is 1.31. The minimum Gasteiger partial charge on any atom is -0.493 e. The molecule has 9 heteroatoms. The minimum absolute atomic E-state index is 0. The van der Waals surface area contributed by atoms with Gasteiger partial charge in [0.25, 0.3) is 0 Å². The topological polar surface area (TPSA) is 73.6 Å². The van der Waals surface area contributed by atoms with Crippen molar-refractivity contribution < 1.29 is 27.4 Å². The highest BCUT2D eigenvalue weighted by molar-refractivity contribution is 5.95. The first-order valence-electron chi connectivity index (χ1n) is 7.12. The fourth-order valence-corrected chi connectivity index (χ4v) is 1.76. The maximum absolute atomic E-state index is 12.3. The van der Waals surface area contributed by atoms with Crippen LogP contribution in [0.15, 0.2) is 18.2 Å². The van der Waals surface area contributed by atoms with Crippen molar-refractivity contribution in [3.63, 3.8) is 0 Å². The number of hydrogen-bond donors (Lipinski definition) is 2. The molecule has 0 aromatic heterocycles. The predicted molar refractivity (Wildman–Crippen MR) is 87.9 cm³/mol. The normalized spacial score (nSPS) is 13.5. The number of anilines is 1. The van der Waals surface area contributed by atoms with Crippen molar-refractivity contribution in [1.29, 1.82) is 0 Å². The third kappa shape index (κ3) is 6.84. The second kappa shape index (κ2) is 9.58. The number of halogens is 4. The molecule has 5 nitrogen and oxygen atoms in total. The number of benzene rings is 1. The largest absolute Gasteiger partial charge is 0.493 e. The summed E-state index contributed by atoms with van der Waals surface area (Å²) >= 11 is 0. The predicted octanol–water partition coefficient (Wildman–Crippen LogP) is 3.37. The van der Waals surface area contributed by atoms with Gasteiger partial charge in [-0.25, -0.2) is 0 Å². The zero-order chi connectivity index (χ0) is 17.6. The maximum Gasteiger partial charge on any atom is 0.422 e. The molecule has 1 aromatic carbocycles. The molecule has 0 aliphatic carbocycles. The van der Waals surface area contributed by atoms with E-state index in [1.807, 2.05) is 13.8 Å². The number of nitrogens with one attached hydrogen (secondary N) is 1. The fraction of sp³-hybridized carbons (Fsp3) is 0.533. The van der Waals surface area contributed by atoms with Gasteiger partial charge in [-0.05, 0) is 18.1 Å². The van der Waals surface area contributed by atoms with E-state index >= 15 is 0 Å². The summed E-state index contributed by atoms with van der Waals surface area (Å²) in [5.41, 5.74) is 6.10. The van der Waals surface area contributed by atoms with Crippen LogP contribution in [0.5, 0.6) is 11.5 Å². The van der Waals surface area contributed by atoms with Crippen molar-refractivity contribution in [2.45, 2.75) is 32.5 Å². The van der Waals surface area contributed by atoms with Gasteiger partial charge in [0.05, 0.1) is 13.2 Å². The van der Waals surface area contributed by atoms with Gasteiger partial charge in [0.2, 0.25) is 5.91 Å². The van der Waals surface area contributed by atoms with E-state index in [9.17, 15) is 18.0 Å². The molecule has 138 valence electrons. The Labute approximate surface area is 145 Å². The van der Waals surface area contributed by atoms with E-state index in [1.54, 1.807) is 0 Å². The van der Waals surface area contributed by atoms with Crippen LogP contribution in [0.2, 0.25) is 0 Å². The fourth-order valence-electron chi connectivity index (χ4n) is 1.76. The second-order valence-corrected chi connectivity index (χ2v) is 5.17. The van der Waals surface area contributed by atoms with Crippen molar-refractivity contribution in [1.82, 2.24) is 0 Å². The zero-order valence-corrected chi connectivity index (χ0v) is 14.5. The van der Waals surface area contributed by atoms with Gasteiger partial charge in [0, 0.05) is 11.8 Å². The van der Waals surface area contributed by atoms with Crippen LogP contribution in [-0.2, 0) is 4.79 Å². The molecule has 1 amide bonds. The Bertz CT molecular complexity index is 541. The van der Waals surface area contributed by atoms with Crippen LogP contribution in [0.3, 0.4) is 0 Å². The monoisotopic (exact) mass is 370 g/mol. The lowest BCUT2D eigenvalue weighted by molar-refractivity contribution is -0.153. The highest BCUT2D eigenvalue weighted by atomic mass is 35.5. The summed E-state index contributed by atoms with van der Waals surface area (Å²) in [5.74, 6) is -0.404. The standard InChI is InChI=1S/C15H21F3N2O3.ClH/c1-4-9(2)13(19)14(21)20-10-5-6-11(22-3)12(7-10)23-8-15(16,17)18;/h5-7,9,13H,4,8,19H2,1-3H3,(H,20,21);1H. The number of carbonyl (C=O) groups is 1. The molecule has 0 aliphatic rings. The molecule has 1 rings (SSSR count). The molecule has 0 heterocycles. The minimum atomic E-state index is -4.47. The lowest BCUT2D eigenvalue weighted by Gasteiger charge is -2.18. The number of nitrogens with two attached hydrogens (primary N) is 1. The van der Waals surface area contributed by atoms with Crippen molar-refractivity contribution in [2.24, 2.45) is 11.7 Å². The SMILES string of the molecule is CCC(C)C(N)C(=O)Nc1ccc(OC)c(OCC(F)(F)F)c1.Cl. The molecule has 1 aromatic rings. The third-order valence-corrected chi connectivity index (χ3v) is 3.38. The van der Waals surface area contributed by atoms with E-state index in [4.69, 9.17) is 15.2 Å². The number of amides is 1. The molecule has 0 spiro atoms. The smallest absolute Gasteiger partial charge is 0.422 e. The molecular weight excluding hydrogens is 349 g/mol. The average Bonchev–Trinajstić information content (AvgIpc) is 2.50. The lowest BCUT2D eigenvalue weighted by Crippen LogP contribution is -2.40. The van der Waals surface area contributed by atoms with E-state index in [1.165, 1.54) is 25.3 Å². The summed E-state index contributed by atoms with van der Waals surface area (Å²) < 4.78 is 46.5. The Morgan fingerprint density at radius 1 is 1.33 bits per heavy atom. The van der Waals surface area contributed by atoms with Crippen LogP contribution in [0.4, 0.5) is 18.9 Å². The molecule has 0 fully saturated rings. The average molecular weight is 371 g/mol. The first kappa shape index (κ1) is 22.3. The molecule has 0 bridgehead atoms. The van der Waals surface area contributed by atoms with E-state index in [-0.39, 0.29) is 35.5 Å². The summed E-state index contributed by atoms with van der Waals surface area (Å²) in [6.07, 6.45) is -3.74. The number of ether oxygens (including phenoxy) is 2. The first-order chi connectivity index (χ1) is 10.7. The van der Waals surface area contributed by atoms with E-state index in [0.717, 1.165) is 6.42 Å². The quantitative estimate of drug-likeness (QED) is 0.771. The summed E-state index contributed by atoms with van der Waals surface area (Å²) in [6.45, 7) is 2.30. The van der Waals surface area contributed by atoms with Gasteiger partial charge in [-0.3, -0.25) is 4.79 Å². The van der Waals surface area contributed by atoms with Crippen LogP contribution in [0, 0.1) is 5.92 Å². The van der Waals surface area contributed by atoms with Crippen molar-refractivity contribution in [3.8, 4) is 11.5 Å². The molecule has 24 heavy (non-hydrogen) atoms. The number of methoxy groups -OCH3 is 1. The van der Waals surface area contributed by atoms with Gasteiger partial charge in [-0.1, -0.05) is 20.3 Å². The van der Waals surface area contributed by atoms with Crippen LogP contribution in [0.1, 0.15) is 20.3 Å². The molecule has 3 N–H and O–H groups in total. The summed E-state index contributed by atoms with van der Waals surface area (Å²) in [5, 5.41) is 2.57. The summed E-state index contributed by atoms with van der Waals surface area (Å²) in [4.78, 5) is 12.0. The Morgan fingerprint density at radius 2 is 1.96 bits per heavy atom. The van der Waals surface area contributed by atoms with Crippen LogP contribution in [0.25, 0.3) is 0 Å². The van der Waals surface area contributed by atoms with Gasteiger partial charge >= 0.3 is 6.18 Å². The van der Waals surface area contributed by atoms with Gasteiger partial charge in [0.1, 0.15) is 0 Å². The molecule has 2 unspecified atom stereocenters. The number of carbonyl (C=O) groups excluding carboxylic acids is 1. The van der Waals surface area contributed by atoms with Gasteiger partial charge in [-0.2, -0.15) is 13.2 Å². The van der Waals surface area contributed by atoms with Crippen molar-refractivity contribution in [3.05, 3.63) is 18.2 Å². The Kier molecular flexibility index (Phi) is 8.92. The zero-order valence-electron chi connectivity index (χ0n) is 13.6. The van der Waals surface area contributed by atoms with Gasteiger partial charge in [0.15, 0.2) is 18.1 Å². The molecule has 0 saturated heterocycles. The highest BCUT2D eigenvalue weighted by Crippen LogP contribution is 2.31. The Morgan fingerprint density at radius 3 is 2.46 bits per heavy atom. The molecule has 0 saturated carbocycles. The molecule has 2 atom stereocenters. The third-order valence-electron chi connectivity index (χ3n) is 3.38. The molecule has 0 aliphatic heterocycles. The summed E-state index contributed by atoms with van der Waals surface area (Å²) in [6, 6.07) is 3.48. The maximum atomic E-state index is 12.3. The Balaban J connectivity index is 0.00000529.